The maximum atomic E-state index is 12.1. The number of nitrogens with zero attached hydrogens (tertiary/aromatic N) is 1. The van der Waals surface area contributed by atoms with Gasteiger partial charge in [0.15, 0.2) is 0 Å². The third kappa shape index (κ3) is 3.48. The summed E-state index contributed by atoms with van der Waals surface area (Å²) in [4.78, 5) is 25.5. The maximum Gasteiger partial charge on any atom is 0.231 e. The van der Waals surface area contributed by atoms with Crippen molar-refractivity contribution in [1.82, 2.24) is 5.32 Å². The molecule has 124 valence electrons. The number of benzene rings is 2. The molecule has 0 aromatic heterocycles. The average Bonchev–Trinajstić information content (AvgIpc) is 2.84. The molecule has 1 aliphatic heterocycles. The van der Waals surface area contributed by atoms with Gasteiger partial charge in [0.1, 0.15) is 0 Å². The van der Waals surface area contributed by atoms with Crippen LogP contribution in [0, 0.1) is 6.92 Å². The summed E-state index contributed by atoms with van der Waals surface area (Å²) in [5.41, 5.74) is 5.42. The number of hydrogen-bond acceptors (Lipinski definition) is 2. The molecule has 0 fully saturated rings. The Bertz CT molecular complexity index is 783. The van der Waals surface area contributed by atoms with E-state index in [4.69, 9.17) is 0 Å². The monoisotopic (exact) mass is 322 g/mol. The van der Waals surface area contributed by atoms with E-state index < -0.39 is 0 Å². The number of carbonyl (C=O) groups is 2. The van der Waals surface area contributed by atoms with Gasteiger partial charge in [-0.15, -0.1) is 0 Å². The van der Waals surface area contributed by atoms with E-state index >= 15 is 0 Å². The molecule has 0 radical (unpaired) electrons. The van der Waals surface area contributed by atoms with Gasteiger partial charge in [-0.1, -0.05) is 36.4 Å². The lowest BCUT2D eigenvalue weighted by Gasteiger charge is -2.11. The summed E-state index contributed by atoms with van der Waals surface area (Å²) in [6, 6.07) is 14.0. The van der Waals surface area contributed by atoms with Crippen LogP contribution in [-0.2, 0) is 28.9 Å². The summed E-state index contributed by atoms with van der Waals surface area (Å²) in [6.07, 6.45) is 1.65. The zero-order valence-electron chi connectivity index (χ0n) is 14.1. The third-order valence-electron chi connectivity index (χ3n) is 4.57. The number of aryl methyl sites for hydroxylation is 1. The van der Waals surface area contributed by atoms with Gasteiger partial charge < -0.3 is 10.2 Å². The number of carbonyl (C=O) groups excluding carboxylic acids is 2. The van der Waals surface area contributed by atoms with Crippen LogP contribution in [0.3, 0.4) is 0 Å². The van der Waals surface area contributed by atoms with E-state index in [1.807, 2.05) is 43.3 Å². The molecule has 2 amide bonds. The molecule has 1 N–H and O–H groups in total. The fourth-order valence-corrected chi connectivity index (χ4v) is 3.07. The van der Waals surface area contributed by atoms with E-state index in [0.717, 1.165) is 34.4 Å². The second-order valence-corrected chi connectivity index (χ2v) is 6.30. The molecule has 0 saturated heterocycles. The van der Waals surface area contributed by atoms with Gasteiger partial charge in [0.2, 0.25) is 11.8 Å². The summed E-state index contributed by atoms with van der Waals surface area (Å²) in [5, 5.41) is 2.98. The Kier molecular flexibility index (Phi) is 4.65. The molecule has 0 aliphatic carbocycles. The third-order valence-corrected chi connectivity index (χ3v) is 4.57. The van der Waals surface area contributed by atoms with Gasteiger partial charge in [-0.05, 0) is 41.7 Å². The number of rotatable bonds is 5. The number of amides is 2. The minimum atomic E-state index is 0.0420. The van der Waals surface area contributed by atoms with Crippen molar-refractivity contribution in [1.29, 1.82) is 0 Å². The molecule has 2 aromatic carbocycles. The molecular formula is C20H22N2O2. The van der Waals surface area contributed by atoms with Crippen molar-refractivity contribution in [3.63, 3.8) is 0 Å². The Morgan fingerprint density at radius 1 is 1.21 bits per heavy atom. The molecule has 24 heavy (non-hydrogen) atoms. The zero-order valence-corrected chi connectivity index (χ0v) is 14.1. The maximum absolute atomic E-state index is 12.1. The minimum absolute atomic E-state index is 0.0420. The van der Waals surface area contributed by atoms with E-state index in [1.165, 1.54) is 0 Å². The summed E-state index contributed by atoms with van der Waals surface area (Å²) < 4.78 is 0. The van der Waals surface area contributed by atoms with Crippen molar-refractivity contribution in [2.24, 2.45) is 0 Å². The predicted octanol–water partition coefficient (Wildman–Crippen LogP) is 2.42. The van der Waals surface area contributed by atoms with Crippen molar-refractivity contribution < 1.29 is 9.59 Å². The van der Waals surface area contributed by atoms with Gasteiger partial charge in [0.25, 0.3) is 0 Å². The standard InChI is InChI=1S/C20H22N2O2/c1-14-5-3-4-6-16(14)12-19(23)21-10-9-15-7-8-18-17(11-15)13-20(24)22(18)2/h3-8,11H,9-10,12-13H2,1-2H3,(H,21,23). The van der Waals surface area contributed by atoms with Crippen LogP contribution in [0.1, 0.15) is 22.3 Å². The van der Waals surface area contributed by atoms with Crippen LogP contribution in [0.25, 0.3) is 0 Å². The first kappa shape index (κ1) is 16.2. The Hall–Kier alpha value is -2.62. The van der Waals surface area contributed by atoms with Crippen molar-refractivity contribution in [2.45, 2.75) is 26.2 Å². The van der Waals surface area contributed by atoms with Gasteiger partial charge in [-0.2, -0.15) is 0 Å². The molecule has 4 heteroatoms. The van der Waals surface area contributed by atoms with Gasteiger partial charge in [0, 0.05) is 19.3 Å². The quantitative estimate of drug-likeness (QED) is 0.919. The zero-order chi connectivity index (χ0) is 17.1. The molecule has 1 heterocycles. The SMILES string of the molecule is Cc1ccccc1CC(=O)NCCc1ccc2c(c1)CC(=O)N2C. The van der Waals surface area contributed by atoms with E-state index in [1.54, 1.807) is 11.9 Å². The summed E-state index contributed by atoms with van der Waals surface area (Å²) in [7, 11) is 1.81. The summed E-state index contributed by atoms with van der Waals surface area (Å²) in [5.74, 6) is 0.175. The molecule has 1 aliphatic rings. The molecule has 0 bridgehead atoms. The molecule has 4 nitrogen and oxygen atoms in total. The second-order valence-electron chi connectivity index (χ2n) is 6.30. The highest BCUT2D eigenvalue weighted by Gasteiger charge is 2.23. The average molecular weight is 322 g/mol. The van der Waals surface area contributed by atoms with Crippen LogP contribution in [0.4, 0.5) is 5.69 Å². The first-order valence-electron chi connectivity index (χ1n) is 8.24. The highest BCUT2D eigenvalue weighted by Crippen LogP contribution is 2.28. The summed E-state index contributed by atoms with van der Waals surface area (Å²) >= 11 is 0. The number of likely N-dealkylation sites (N-methyl/N-ethyl adjacent to an activating group) is 1. The molecule has 2 aromatic rings. The fraction of sp³-hybridized carbons (Fsp3) is 0.300. The van der Waals surface area contributed by atoms with Crippen molar-refractivity contribution in [2.75, 3.05) is 18.5 Å². The van der Waals surface area contributed by atoms with Gasteiger partial charge >= 0.3 is 0 Å². The molecule has 0 spiro atoms. The topological polar surface area (TPSA) is 49.4 Å². The molecule has 3 rings (SSSR count). The van der Waals surface area contributed by atoms with Crippen molar-refractivity contribution >= 4 is 17.5 Å². The Labute approximate surface area is 142 Å². The Morgan fingerprint density at radius 2 is 2.00 bits per heavy atom. The van der Waals surface area contributed by atoms with Gasteiger partial charge in [-0.3, -0.25) is 9.59 Å². The fourth-order valence-electron chi connectivity index (χ4n) is 3.07. The highest BCUT2D eigenvalue weighted by molar-refractivity contribution is 6.00. The molecule has 0 atom stereocenters. The lowest BCUT2D eigenvalue weighted by molar-refractivity contribution is -0.120. The Morgan fingerprint density at radius 3 is 2.79 bits per heavy atom. The van der Waals surface area contributed by atoms with Gasteiger partial charge in [-0.25, -0.2) is 0 Å². The van der Waals surface area contributed by atoms with Crippen molar-refractivity contribution in [3.05, 3.63) is 64.7 Å². The molecule has 0 saturated carbocycles. The van der Waals surface area contributed by atoms with Crippen LogP contribution in [0.15, 0.2) is 42.5 Å². The number of anilines is 1. The first-order chi connectivity index (χ1) is 11.5. The van der Waals surface area contributed by atoms with Crippen LogP contribution >= 0.6 is 0 Å². The Balaban J connectivity index is 1.52. The minimum Gasteiger partial charge on any atom is -0.355 e. The van der Waals surface area contributed by atoms with E-state index in [0.29, 0.717) is 19.4 Å². The van der Waals surface area contributed by atoms with E-state index in [9.17, 15) is 9.59 Å². The lowest BCUT2D eigenvalue weighted by Crippen LogP contribution is -2.27. The number of hydrogen-bond donors (Lipinski definition) is 1. The predicted molar refractivity (Wildman–Crippen MR) is 95.2 cm³/mol. The van der Waals surface area contributed by atoms with E-state index in [-0.39, 0.29) is 11.8 Å². The molecule has 0 unspecified atom stereocenters. The lowest BCUT2D eigenvalue weighted by atomic mass is 10.0. The molecular weight excluding hydrogens is 300 g/mol. The number of nitrogens with one attached hydrogen (secondary N) is 1. The van der Waals surface area contributed by atoms with Crippen LogP contribution in [-0.4, -0.2) is 25.4 Å². The smallest absolute Gasteiger partial charge is 0.231 e. The van der Waals surface area contributed by atoms with Crippen LogP contribution in [0.2, 0.25) is 0 Å². The first-order valence-corrected chi connectivity index (χ1v) is 8.24. The van der Waals surface area contributed by atoms with Gasteiger partial charge in [0.05, 0.1) is 12.8 Å². The highest BCUT2D eigenvalue weighted by atomic mass is 16.2. The van der Waals surface area contributed by atoms with Crippen molar-refractivity contribution in [3.8, 4) is 0 Å². The number of fused-ring (bicyclic) bond motifs is 1. The van der Waals surface area contributed by atoms with Crippen LogP contribution < -0.4 is 10.2 Å². The van der Waals surface area contributed by atoms with Crippen LogP contribution in [0.5, 0.6) is 0 Å². The largest absolute Gasteiger partial charge is 0.355 e. The normalized spacial score (nSPS) is 13.1. The second kappa shape index (κ2) is 6.87. The van der Waals surface area contributed by atoms with E-state index in [2.05, 4.69) is 11.4 Å². The summed E-state index contributed by atoms with van der Waals surface area (Å²) in [6.45, 7) is 2.62.